The lowest BCUT2D eigenvalue weighted by Gasteiger charge is -2.22. The average Bonchev–Trinajstić information content (AvgIpc) is 2.54. The topological polar surface area (TPSA) is 66.5 Å². The minimum Gasteiger partial charge on any atom is -0.337 e. The first-order valence-corrected chi connectivity index (χ1v) is 10.9. The molecule has 0 saturated carbocycles. The van der Waals surface area contributed by atoms with Gasteiger partial charge in [-0.2, -0.15) is 0 Å². The largest absolute Gasteiger partial charge is 0.337 e. The van der Waals surface area contributed by atoms with Crippen LogP contribution in [-0.2, 0) is 16.6 Å². The van der Waals surface area contributed by atoms with E-state index >= 15 is 0 Å². The van der Waals surface area contributed by atoms with Crippen molar-refractivity contribution in [3.05, 3.63) is 63.1 Å². The normalized spacial score (nSPS) is 12.1. The van der Waals surface area contributed by atoms with Crippen LogP contribution in [0, 0.1) is 0 Å². The second-order valence-electron chi connectivity index (χ2n) is 7.29. The van der Waals surface area contributed by atoms with Gasteiger partial charge in [-0.25, -0.2) is 13.1 Å². The molecule has 0 spiro atoms. The number of carbonyl (C=O) groups is 1. The van der Waals surface area contributed by atoms with Crippen molar-refractivity contribution in [2.24, 2.45) is 0 Å². The van der Waals surface area contributed by atoms with Crippen LogP contribution in [-0.4, -0.2) is 31.8 Å². The smallest absolute Gasteiger partial charge is 0.253 e. The van der Waals surface area contributed by atoms with Gasteiger partial charge >= 0.3 is 0 Å². The average molecular weight is 474 g/mol. The summed E-state index contributed by atoms with van der Waals surface area (Å²) in [6, 6.07) is 11.9. The molecular weight excluding hydrogens is 452 g/mol. The molecule has 0 bridgehead atoms. The van der Waals surface area contributed by atoms with Crippen LogP contribution in [0.3, 0.4) is 0 Å². The number of benzene rings is 2. The highest BCUT2D eigenvalue weighted by Crippen LogP contribution is 2.25. The lowest BCUT2D eigenvalue weighted by Crippen LogP contribution is -2.40. The van der Waals surface area contributed by atoms with E-state index in [1.54, 1.807) is 27.8 Å². The van der Waals surface area contributed by atoms with Crippen molar-refractivity contribution in [1.82, 2.24) is 9.62 Å². The van der Waals surface area contributed by atoms with Crippen molar-refractivity contribution in [2.45, 2.75) is 37.8 Å². The number of carbonyl (C=O) groups excluding carboxylic acids is 1. The minimum atomic E-state index is -3.85. The molecule has 0 aliphatic heterocycles. The fraction of sp³-hybridized carbons (Fsp3) is 0.316. The molecule has 0 aliphatic rings. The van der Waals surface area contributed by atoms with E-state index in [1.807, 2.05) is 24.3 Å². The monoisotopic (exact) mass is 472 g/mol. The minimum absolute atomic E-state index is 0.0684. The molecule has 0 radical (unpaired) electrons. The molecule has 0 aliphatic carbocycles. The third-order valence-corrected chi connectivity index (χ3v) is 6.36. The third kappa shape index (κ3) is 6.04. The van der Waals surface area contributed by atoms with Gasteiger partial charge in [0.15, 0.2) is 0 Å². The van der Waals surface area contributed by atoms with Gasteiger partial charge < -0.3 is 4.90 Å². The highest BCUT2D eigenvalue weighted by Gasteiger charge is 2.26. The lowest BCUT2D eigenvalue weighted by atomic mass is 10.1. The van der Waals surface area contributed by atoms with Gasteiger partial charge in [0.1, 0.15) is 4.90 Å². The first-order chi connectivity index (χ1) is 12.4. The number of hydrogen-bond donors (Lipinski definition) is 1. The summed E-state index contributed by atoms with van der Waals surface area (Å²) in [4.78, 5) is 14.2. The number of amides is 1. The summed E-state index contributed by atoms with van der Waals surface area (Å²) in [6.07, 6.45) is 0. The molecule has 2 aromatic rings. The number of sulfonamides is 1. The molecule has 2 aromatic carbocycles. The summed E-state index contributed by atoms with van der Waals surface area (Å²) in [5.41, 5.74) is 0.555. The molecule has 0 heterocycles. The summed E-state index contributed by atoms with van der Waals surface area (Å²) in [5, 5.41) is 0.0684. The zero-order chi connectivity index (χ0) is 20.4. The van der Waals surface area contributed by atoms with E-state index in [9.17, 15) is 13.2 Å². The number of rotatable bonds is 5. The van der Waals surface area contributed by atoms with E-state index in [-0.39, 0.29) is 21.4 Å². The maximum Gasteiger partial charge on any atom is 0.253 e. The van der Waals surface area contributed by atoms with Crippen molar-refractivity contribution >= 4 is 43.5 Å². The van der Waals surface area contributed by atoms with Crippen molar-refractivity contribution in [3.63, 3.8) is 0 Å². The van der Waals surface area contributed by atoms with E-state index in [2.05, 4.69) is 20.7 Å². The maximum absolute atomic E-state index is 12.8. The molecule has 0 atom stereocenters. The Bertz CT molecular complexity index is 938. The predicted octanol–water partition coefficient (Wildman–Crippen LogP) is 4.45. The van der Waals surface area contributed by atoms with Gasteiger partial charge in [0.05, 0.1) is 5.02 Å². The number of hydrogen-bond acceptors (Lipinski definition) is 3. The summed E-state index contributed by atoms with van der Waals surface area (Å²) in [6.45, 7) is 5.61. The van der Waals surface area contributed by atoms with Gasteiger partial charge in [0, 0.05) is 29.2 Å². The highest BCUT2D eigenvalue weighted by molar-refractivity contribution is 9.10. The van der Waals surface area contributed by atoms with Crippen LogP contribution < -0.4 is 4.72 Å². The van der Waals surface area contributed by atoms with E-state index < -0.39 is 15.6 Å². The molecule has 0 saturated heterocycles. The van der Waals surface area contributed by atoms with E-state index in [1.165, 1.54) is 23.1 Å². The summed E-state index contributed by atoms with van der Waals surface area (Å²) in [5.74, 6) is -0.290. The Balaban J connectivity index is 2.28. The fourth-order valence-corrected chi connectivity index (χ4v) is 4.67. The van der Waals surface area contributed by atoms with Gasteiger partial charge in [-0.3, -0.25) is 4.79 Å². The second kappa shape index (κ2) is 8.31. The number of nitrogens with zero attached hydrogens (tertiary/aromatic N) is 1. The van der Waals surface area contributed by atoms with Gasteiger partial charge in [0.25, 0.3) is 5.91 Å². The number of halogens is 2. The van der Waals surface area contributed by atoms with Crippen molar-refractivity contribution in [2.75, 3.05) is 7.05 Å². The van der Waals surface area contributed by atoms with Gasteiger partial charge in [0.2, 0.25) is 10.0 Å². The molecular formula is C19H22BrClN2O3S. The van der Waals surface area contributed by atoms with E-state index in [4.69, 9.17) is 11.6 Å². The molecule has 5 nitrogen and oxygen atoms in total. The third-order valence-electron chi connectivity index (χ3n) is 3.59. The van der Waals surface area contributed by atoms with E-state index in [0.29, 0.717) is 6.54 Å². The first kappa shape index (κ1) is 21.9. The molecule has 0 unspecified atom stereocenters. The van der Waals surface area contributed by atoms with Gasteiger partial charge in [-0.15, -0.1) is 0 Å². The van der Waals surface area contributed by atoms with Crippen LogP contribution in [0.1, 0.15) is 36.7 Å². The molecule has 0 aromatic heterocycles. The first-order valence-electron chi connectivity index (χ1n) is 8.22. The quantitative estimate of drug-likeness (QED) is 0.697. The van der Waals surface area contributed by atoms with Crippen LogP contribution >= 0.6 is 27.5 Å². The Labute approximate surface area is 173 Å². The Morgan fingerprint density at radius 3 is 2.30 bits per heavy atom. The van der Waals surface area contributed by atoms with Crippen LogP contribution in [0.15, 0.2) is 51.8 Å². The van der Waals surface area contributed by atoms with Crippen LogP contribution in [0.2, 0.25) is 5.02 Å². The molecule has 1 N–H and O–H groups in total. The zero-order valence-corrected chi connectivity index (χ0v) is 18.7. The zero-order valence-electron chi connectivity index (χ0n) is 15.6. The fourth-order valence-electron chi connectivity index (χ4n) is 2.46. The summed E-state index contributed by atoms with van der Waals surface area (Å²) < 4.78 is 28.7. The molecule has 146 valence electrons. The highest BCUT2D eigenvalue weighted by atomic mass is 79.9. The van der Waals surface area contributed by atoms with Crippen LogP contribution in [0.25, 0.3) is 0 Å². The predicted molar refractivity (Wildman–Crippen MR) is 111 cm³/mol. The van der Waals surface area contributed by atoms with Crippen LogP contribution in [0.4, 0.5) is 0 Å². The second-order valence-corrected chi connectivity index (χ2v) is 10.3. The summed E-state index contributed by atoms with van der Waals surface area (Å²) >= 11 is 9.47. The Morgan fingerprint density at radius 2 is 1.74 bits per heavy atom. The van der Waals surface area contributed by atoms with Crippen molar-refractivity contribution < 1.29 is 13.2 Å². The molecule has 27 heavy (non-hydrogen) atoms. The van der Waals surface area contributed by atoms with Crippen LogP contribution in [0.5, 0.6) is 0 Å². The molecule has 0 fully saturated rings. The SMILES string of the molecule is CN(Cc1ccc(Br)cc1)C(=O)c1ccc(Cl)c(S(=O)(=O)NC(C)(C)C)c1. The Kier molecular flexibility index (Phi) is 6.73. The molecule has 1 amide bonds. The maximum atomic E-state index is 12.8. The Morgan fingerprint density at radius 1 is 1.15 bits per heavy atom. The molecule has 2 rings (SSSR count). The van der Waals surface area contributed by atoms with Crippen molar-refractivity contribution in [1.29, 1.82) is 0 Å². The van der Waals surface area contributed by atoms with E-state index in [0.717, 1.165) is 10.0 Å². The van der Waals surface area contributed by atoms with Gasteiger partial charge in [-0.05, 0) is 56.7 Å². The van der Waals surface area contributed by atoms with Crippen molar-refractivity contribution in [3.8, 4) is 0 Å². The molecule has 8 heteroatoms. The summed E-state index contributed by atoms with van der Waals surface area (Å²) in [7, 11) is -2.18. The standard InChI is InChI=1S/C19H22BrClN2O3S/c1-19(2,3)22-27(25,26)17-11-14(7-10-16(17)21)18(24)23(4)12-13-5-8-15(20)9-6-13/h5-11,22H,12H2,1-4H3. The van der Waals surface area contributed by atoms with Gasteiger partial charge in [-0.1, -0.05) is 39.7 Å². The lowest BCUT2D eigenvalue weighted by molar-refractivity contribution is 0.0785. The number of nitrogens with one attached hydrogen (secondary N) is 1. The Hall–Kier alpha value is -1.41.